The number of nitrogens with zero attached hydrogens (tertiary/aromatic N) is 3. The number of fused-ring (bicyclic) bond motifs is 1. The summed E-state index contributed by atoms with van der Waals surface area (Å²) in [6, 6.07) is 60.1. The van der Waals surface area contributed by atoms with Crippen molar-refractivity contribution < 1.29 is 26.2 Å². The van der Waals surface area contributed by atoms with Crippen molar-refractivity contribution in [3.63, 3.8) is 0 Å². The van der Waals surface area contributed by atoms with E-state index in [1.165, 1.54) is 11.1 Å². The Balaban J connectivity index is 0.00000608. The molecule has 0 unspecified atom stereocenters. The molecule has 0 atom stereocenters. The molecule has 340 valence electrons. The van der Waals surface area contributed by atoms with Gasteiger partial charge in [-0.05, 0) is 91.4 Å². The molecule has 4 nitrogen and oxygen atoms in total. The van der Waals surface area contributed by atoms with E-state index in [1.54, 1.807) is 0 Å². The van der Waals surface area contributed by atoms with Crippen molar-refractivity contribution in [2.75, 3.05) is 0 Å². The van der Waals surface area contributed by atoms with Crippen molar-refractivity contribution in [2.24, 2.45) is 0 Å². The van der Waals surface area contributed by atoms with Gasteiger partial charge in [0.15, 0.2) is 0 Å². The fraction of sp³-hybridized carbons (Fsp3) is 0.226. The summed E-state index contributed by atoms with van der Waals surface area (Å²) in [5.41, 5.74) is 18.1. The number of phenolic OH excluding ortho intramolecular Hbond substituents is 1. The molecule has 7 aromatic carbocycles. The van der Waals surface area contributed by atoms with Gasteiger partial charge < -0.3 is 5.11 Å². The third-order valence-corrected chi connectivity index (χ3v) is 13.0. The quantitative estimate of drug-likeness (QED) is 0.147. The Labute approximate surface area is 412 Å². The summed E-state index contributed by atoms with van der Waals surface area (Å²) in [6.45, 7) is 22.3. The third kappa shape index (κ3) is 9.47. The summed E-state index contributed by atoms with van der Waals surface area (Å²) in [6.07, 6.45) is 1.89. The first kappa shape index (κ1) is 47.2. The number of hydrogen-bond acceptors (Lipinski definition) is 3. The van der Waals surface area contributed by atoms with E-state index in [-0.39, 0.29) is 49.5 Å². The van der Waals surface area contributed by atoms with Crippen LogP contribution in [0.3, 0.4) is 0 Å². The summed E-state index contributed by atoms with van der Waals surface area (Å²) in [5.74, 6) is 1.29. The van der Waals surface area contributed by atoms with Crippen LogP contribution in [0, 0.1) is 6.07 Å². The summed E-state index contributed by atoms with van der Waals surface area (Å²) in [7, 11) is 0. The molecule has 9 rings (SSSR count). The molecule has 0 radical (unpaired) electrons. The molecular formula is C62H60N3OPt-. The number of imidazole rings is 1. The van der Waals surface area contributed by atoms with Crippen LogP contribution in [0.1, 0.15) is 103 Å². The molecule has 1 N–H and O–H groups in total. The van der Waals surface area contributed by atoms with Crippen LogP contribution in [0.5, 0.6) is 5.75 Å². The molecule has 0 saturated carbocycles. The SMILES string of the molecule is CC(C)c1cc(-c2nc3c(-c4[c-]c(-c5cc(-c6ccccc6)ccn5)cc(-c5ccccc5)c4)cccc3n2-c2cc(C(C)(C)C)ccc2-c2ccc(C(C)(C)C)cc2)c(O)c(C(C)C)c1.[Pt]. The van der Waals surface area contributed by atoms with E-state index in [0.29, 0.717) is 11.4 Å². The van der Waals surface area contributed by atoms with E-state index < -0.39 is 0 Å². The van der Waals surface area contributed by atoms with Crippen molar-refractivity contribution in [3.8, 4) is 78.6 Å². The van der Waals surface area contributed by atoms with Crippen LogP contribution in [0.25, 0.3) is 83.9 Å². The molecule has 0 bridgehead atoms. The molecule has 0 saturated heterocycles. The zero-order valence-electron chi connectivity index (χ0n) is 40.3. The van der Waals surface area contributed by atoms with Crippen LogP contribution < -0.4 is 0 Å². The Bertz CT molecular complexity index is 3200. The zero-order valence-corrected chi connectivity index (χ0v) is 42.6. The smallest absolute Gasteiger partial charge is 0.148 e. The van der Waals surface area contributed by atoms with Crippen LogP contribution >= 0.6 is 0 Å². The van der Waals surface area contributed by atoms with Crippen molar-refractivity contribution >= 4 is 11.0 Å². The fourth-order valence-electron chi connectivity index (χ4n) is 8.98. The summed E-state index contributed by atoms with van der Waals surface area (Å²) < 4.78 is 2.30. The van der Waals surface area contributed by atoms with Crippen molar-refractivity contribution in [3.05, 3.63) is 192 Å². The molecule has 9 aromatic rings. The predicted molar refractivity (Wildman–Crippen MR) is 278 cm³/mol. The minimum atomic E-state index is -0.134. The predicted octanol–water partition coefficient (Wildman–Crippen LogP) is 16.8. The second-order valence-corrected chi connectivity index (χ2v) is 20.4. The van der Waals surface area contributed by atoms with Crippen molar-refractivity contribution in [1.82, 2.24) is 14.5 Å². The molecule has 0 aliphatic rings. The average molecular weight is 1060 g/mol. The minimum absolute atomic E-state index is 0. The van der Waals surface area contributed by atoms with Crippen LogP contribution in [-0.4, -0.2) is 19.6 Å². The number of hydrogen-bond donors (Lipinski definition) is 1. The molecule has 0 aliphatic heterocycles. The third-order valence-electron chi connectivity index (χ3n) is 13.0. The van der Waals surface area contributed by atoms with E-state index >= 15 is 0 Å². The second kappa shape index (κ2) is 18.7. The standard InChI is InChI=1S/C62H60N3O.Pt/c1-39(2)45-35-53(40(3)4)59(66)54(36-45)60-64-58-52(47-32-46(42-20-15-12-16-21-42)33-48(34-47)55-37-44(30-31-63-55)41-18-13-11-14-19-41)22-17-23-56(58)65(60)57-38-50(62(8,9)10)28-29-51(57)43-24-26-49(27-25-43)61(5,6)7;/h11-33,35-40,66H,1-10H3;/q-1;. The number of aromatic hydroxyl groups is 1. The van der Waals surface area contributed by atoms with Gasteiger partial charge in [-0.25, -0.2) is 4.98 Å². The normalized spacial score (nSPS) is 11.9. The van der Waals surface area contributed by atoms with Gasteiger partial charge in [0.1, 0.15) is 11.6 Å². The molecule has 0 spiro atoms. The average Bonchev–Trinajstić information content (AvgIpc) is 3.70. The molecule has 2 aromatic heterocycles. The topological polar surface area (TPSA) is 50.9 Å². The van der Waals surface area contributed by atoms with Gasteiger partial charge in [-0.1, -0.05) is 207 Å². The van der Waals surface area contributed by atoms with Gasteiger partial charge in [0.2, 0.25) is 0 Å². The van der Waals surface area contributed by atoms with Gasteiger partial charge in [0.05, 0.1) is 22.3 Å². The number of benzene rings is 7. The van der Waals surface area contributed by atoms with Crippen LogP contribution in [-0.2, 0) is 31.9 Å². The summed E-state index contributed by atoms with van der Waals surface area (Å²) in [4.78, 5) is 10.6. The van der Waals surface area contributed by atoms with Gasteiger partial charge in [-0.3, -0.25) is 9.55 Å². The fourth-order valence-corrected chi connectivity index (χ4v) is 8.98. The van der Waals surface area contributed by atoms with E-state index in [4.69, 9.17) is 9.97 Å². The van der Waals surface area contributed by atoms with Gasteiger partial charge in [-0.15, -0.1) is 23.8 Å². The maximum absolute atomic E-state index is 12.4. The monoisotopic (exact) mass is 1060 g/mol. The van der Waals surface area contributed by atoms with Gasteiger partial charge in [-0.2, -0.15) is 0 Å². The molecule has 5 heteroatoms. The molecule has 67 heavy (non-hydrogen) atoms. The first-order valence-electron chi connectivity index (χ1n) is 23.3. The number of aromatic nitrogens is 3. The molecule has 0 amide bonds. The maximum Gasteiger partial charge on any atom is 0.148 e. The van der Waals surface area contributed by atoms with Gasteiger partial charge >= 0.3 is 0 Å². The van der Waals surface area contributed by atoms with E-state index in [0.717, 1.165) is 83.6 Å². The van der Waals surface area contributed by atoms with Crippen LogP contribution in [0.2, 0.25) is 0 Å². The minimum Gasteiger partial charge on any atom is -0.507 e. The van der Waals surface area contributed by atoms with Crippen molar-refractivity contribution in [2.45, 2.75) is 91.9 Å². The number of phenols is 1. The number of rotatable bonds is 9. The molecular weight excluding hydrogens is 998 g/mol. The van der Waals surface area contributed by atoms with Crippen LogP contribution in [0.4, 0.5) is 0 Å². The molecule has 0 aliphatic carbocycles. The Morgan fingerprint density at radius 1 is 0.522 bits per heavy atom. The first-order valence-corrected chi connectivity index (χ1v) is 23.3. The summed E-state index contributed by atoms with van der Waals surface area (Å²) in [5, 5.41) is 12.4. The van der Waals surface area contributed by atoms with Crippen molar-refractivity contribution in [1.29, 1.82) is 0 Å². The van der Waals surface area contributed by atoms with Gasteiger partial charge in [0, 0.05) is 38.5 Å². The van der Waals surface area contributed by atoms with Gasteiger partial charge in [0.25, 0.3) is 0 Å². The van der Waals surface area contributed by atoms with E-state index in [2.05, 4.69) is 232 Å². The molecule has 2 heterocycles. The zero-order chi connectivity index (χ0) is 46.5. The largest absolute Gasteiger partial charge is 0.507 e. The number of para-hydroxylation sites is 1. The van der Waals surface area contributed by atoms with Crippen LogP contribution in [0.15, 0.2) is 164 Å². The second-order valence-electron chi connectivity index (χ2n) is 20.4. The van der Waals surface area contributed by atoms with E-state index in [1.807, 2.05) is 12.3 Å². The molecule has 0 fully saturated rings. The van der Waals surface area contributed by atoms with E-state index in [9.17, 15) is 5.11 Å². The Hall–Kier alpha value is -6.35. The Morgan fingerprint density at radius 2 is 1.15 bits per heavy atom. The Kier molecular flexibility index (Phi) is 13.2. The summed E-state index contributed by atoms with van der Waals surface area (Å²) >= 11 is 0. The maximum atomic E-state index is 12.4. The first-order chi connectivity index (χ1) is 31.5. The Morgan fingerprint density at radius 3 is 1.78 bits per heavy atom. The number of pyridine rings is 1.